The lowest BCUT2D eigenvalue weighted by Crippen LogP contribution is -2.44. The molecule has 2 rings (SSSR count). The Bertz CT molecular complexity index is 525. The zero-order chi connectivity index (χ0) is 15.6. The van der Waals surface area contributed by atoms with Crippen LogP contribution in [0.4, 0.5) is 11.4 Å². The van der Waals surface area contributed by atoms with Crippen LogP contribution in [0, 0.1) is 0 Å². The highest BCUT2D eigenvalue weighted by atomic mass is 35.6. The largest absolute Gasteiger partial charge is 0.368 e. The maximum absolute atomic E-state index is 11.6. The normalized spacial score (nSPS) is 16.9. The number of carbonyl (C=O) groups excluding carboxylic acids is 1. The number of rotatable bonds is 2. The second-order valence-electron chi connectivity index (χ2n) is 4.91. The van der Waals surface area contributed by atoms with Gasteiger partial charge in [-0.25, -0.2) is 0 Å². The van der Waals surface area contributed by atoms with E-state index in [4.69, 9.17) is 46.4 Å². The Morgan fingerprint density at radius 3 is 2.33 bits per heavy atom. The lowest BCUT2D eigenvalue weighted by atomic mass is 10.2. The van der Waals surface area contributed by atoms with Gasteiger partial charge in [0.05, 0.1) is 10.7 Å². The number of hydrogen-bond acceptors (Lipinski definition) is 3. The van der Waals surface area contributed by atoms with Crippen molar-refractivity contribution in [2.45, 2.75) is 3.79 Å². The number of carbonyl (C=O) groups is 1. The minimum Gasteiger partial charge on any atom is -0.368 e. The smallest absolute Gasteiger partial charge is 0.276 e. The van der Waals surface area contributed by atoms with E-state index >= 15 is 0 Å². The summed E-state index contributed by atoms with van der Waals surface area (Å²) >= 11 is 22.8. The summed E-state index contributed by atoms with van der Waals surface area (Å²) in [5.74, 6) is -0.712. The molecule has 116 valence electrons. The van der Waals surface area contributed by atoms with Gasteiger partial charge in [-0.15, -0.1) is 0 Å². The molecule has 8 heteroatoms. The molecular formula is C13H15Cl4N3O. The van der Waals surface area contributed by atoms with E-state index in [1.807, 2.05) is 6.07 Å². The molecule has 0 spiro atoms. The minimum atomic E-state index is -2.00. The van der Waals surface area contributed by atoms with Gasteiger partial charge in [-0.3, -0.25) is 4.79 Å². The third kappa shape index (κ3) is 4.54. The molecule has 1 N–H and O–H groups in total. The van der Waals surface area contributed by atoms with E-state index in [0.29, 0.717) is 10.7 Å². The molecule has 1 aromatic rings. The highest BCUT2D eigenvalue weighted by Gasteiger charge is 2.30. The molecular weight excluding hydrogens is 356 g/mol. The summed E-state index contributed by atoms with van der Waals surface area (Å²) < 4.78 is -2.00. The average molecular weight is 371 g/mol. The average Bonchev–Trinajstić information content (AvgIpc) is 2.39. The van der Waals surface area contributed by atoms with Crippen LogP contribution in [0.25, 0.3) is 0 Å². The molecule has 1 aliphatic rings. The van der Waals surface area contributed by atoms with Crippen molar-refractivity contribution in [3.8, 4) is 0 Å². The van der Waals surface area contributed by atoms with Crippen LogP contribution in [-0.4, -0.2) is 47.8 Å². The van der Waals surface area contributed by atoms with Gasteiger partial charge in [-0.05, 0) is 25.2 Å². The molecule has 1 aromatic carbocycles. The van der Waals surface area contributed by atoms with Crippen LogP contribution >= 0.6 is 46.4 Å². The van der Waals surface area contributed by atoms with E-state index in [-0.39, 0.29) is 0 Å². The maximum atomic E-state index is 11.6. The monoisotopic (exact) mass is 369 g/mol. The molecule has 0 aliphatic carbocycles. The molecule has 0 saturated carbocycles. The van der Waals surface area contributed by atoms with Crippen LogP contribution in [0.5, 0.6) is 0 Å². The van der Waals surface area contributed by atoms with E-state index in [0.717, 1.165) is 31.9 Å². The van der Waals surface area contributed by atoms with Gasteiger partial charge in [0.15, 0.2) is 0 Å². The number of nitrogens with zero attached hydrogens (tertiary/aromatic N) is 2. The van der Waals surface area contributed by atoms with Gasteiger partial charge in [-0.1, -0.05) is 46.4 Å². The lowest BCUT2D eigenvalue weighted by molar-refractivity contribution is -0.115. The summed E-state index contributed by atoms with van der Waals surface area (Å²) in [7, 11) is 2.09. The predicted octanol–water partition coefficient (Wildman–Crippen LogP) is 3.40. The van der Waals surface area contributed by atoms with Crippen LogP contribution in [0.15, 0.2) is 18.2 Å². The Balaban J connectivity index is 2.09. The summed E-state index contributed by atoms with van der Waals surface area (Å²) in [6.45, 7) is 3.80. The van der Waals surface area contributed by atoms with Crippen LogP contribution in [-0.2, 0) is 4.79 Å². The first-order valence-corrected chi connectivity index (χ1v) is 7.90. The SMILES string of the molecule is CN1CCN(c2ccc(NC(=O)C(Cl)(Cl)Cl)cc2Cl)CC1. The number of likely N-dealkylation sites (N-methyl/N-ethyl adjacent to an activating group) is 1. The van der Waals surface area contributed by atoms with Crippen LogP contribution < -0.4 is 10.2 Å². The van der Waals surface area contributed by atoms with Crippen molar-refractivity contribution in [2.24, 2.45) is 0 Å². The first-order valence-electron chi connectivity index (χ1n) is 6.38. The highest BCUT2D eigenvalue weighted by Crippen LogP contribution is 2.32. The van der Waals surface area contributed by atoms with E-state index < -0.39 is 9.70 Å². The fraction of sp³-hybridized carbons (Fsp3) is 0.462. The highest BCUT2D eigenvalue weighted by molar-refractivity contribution is 6.76. The van der Waals surface area contributed by atoms with E-state index in [1.165, 1.54) is 0 Å². The summed E-state index contributed by atoms with van der Waals surface area (Å²) in [5.41, 5.74) is 1.44. The van der Waals surface area contributed by atoms with Crippen molar-refractivity contribution in [1.29, 1.82) is 0 Å². The predicted molar refractivity (Wildman–Crippen MR) is 90.1 cm³/mol. The Hall–Kier alpha value is -0.390. The number of alkyl halides is 3. The third-order valence-electron chi connectivity index (χ3n) is 3.31. The summed E-state index contributed by atoms with van der Waals surface area (Å²) in [5, 5.41) is 3.07. The van der Waals surface area contributed by atoms with Crippen molar-refractivity contribution >= 4 is 63.7 Å². The molecule has 1 heterocycles. The third-order valence-corrected chi connectivity index (χ3v) is 4.12. The van der Waals surface area contributed by atoms with E-state index in [9.17, 15) is 4.79 Å². The van der Waals surface area contributed by atoms with Crippen molar-refractivity contribution < 1.29 is 4.79 Å². The Morgan fingerprint density at radius 1 is 1.19 bits per heavy atom. The molecule has 0 aromatic heterocycles. The van der Waals surface area contributed by atoms with Gasteiger partial charge < -0.3 is 15.1 Å². The molecule has 1 aliphatic heterocycles. The quantitative estimate of drug-likeness (QED) is 0.810. The van der Waals surface area contributed by atoms with Crippen LogP contribution in [0.3, 0.4) is 0 Å². The zero-order valence-electron chi connectivity index (χ0n) is 11.4. The molecule has 1 fully saturated rings. The Morgan fingerprint density at radius 2 is 1.81 bits per heavy atom. The molecule has 1 amide bonds. The number of amides is 1. The standard InChI is InChI=1S/C13H15Cl4N3O/c1-19-4-6-20(7-5-19)11-3-2-9(8-10(11)14)18-12(21)13(15,16)17/h2-3,8H,4-7H2,1H3,(H,18,21). The van der Waals surface area contributed by atoms with Crippen molar-refractivity contribution in [2.75, 3.05) is 43.4 Å². The molecule has 0 unspecified atom stereocenters. The fourth-order valence-electron chi connectivity index (χ4n) is 2.09. The molecule has 4 nitrogen and oxygen atoms in total. The summed E-state index contributed by atoms with van der Waals surface area (Å²) in [6, 6.07) is 5.26. The molecule has 21 heavy (non-hydrogen) atoms. The van der Waals surface area contributed by atoms with Gasteiger partial charge >= 0.3 is 0 Å². The van der Waals surface area contributed by atoms with Gasteiger partial charge in [0.2, 0.25) is 0 Å². The number of nitrogens with one attached hydrogen (secondary N) is 1. The summed E-state index contributed by atoms with van der Waals surface area (Å²) in [6.07, 6.45) is 0. The van der Waals surface area contributed by atoms with Gasteiger partial charge in [0.1, 0.15) is 0 Å². The van der Waals surface area contributed by atoms with Crippen molar-refractivity contribution in [3.63, 3.8) is 0 Å². The topological polar surface area (TPSA) is 35.6 Å². The van der Waals surface area contributed by atoms with Crippen molar-refractivity contribution in [1.82, 2.24) is 4.90 Å². The number of hydrogen-bond donors (Lipinski definition) is 1. The van der Waals surface area contributed by atoms with Crippen LogP contribution in [0.1, 0.15) is 0 Å². The first-order chi connectivity index (χ1) is 9.77. The van der Waals surface area contributed by atoms with Gasteiger partial charge in [0.25, 0.3) is 9.70 Å². The minimum absolute atomic E-state index is 0.495. The molecule has 0 bridgehead atoms. The second kappa shape index (κ2) is 6.80. The van der Waals surface area contributed by atoms with Crippen molar-refractivity contribution in [3.05, 3.63) is 23.2 Å². The van der Waals surface area contributed by atoms with E-state index in [2.05, 4.69) is 22.2 Å². The lowest BCUT2D eigenvalue weighted by Gasteiger charge is -2.34. The molecule has 0 atom stereocenters. The number of piperazine rings is 1. The number of halogens is 4. The van der Waals surface area contributed by atoms with Gasteiger partial charge in [-0.2, -0.15) is 0 Å². The van der Waals surface area contributed by atoms with Crippen LogP contribution in [0.2, 0.25) is 5.02 Å². The number of anilines is 2. The maximum Gasteiger partial charge on any atom is 0.276 e. The fourth-order valence-corrected chi connectivity index (χ4v) is 2.53. The van der Waals surface area contributed by atoms with E-state index in [1.54, 1.807) is 12.1 Å². The van der Waals surface area contributed by atoms with Gasteiger partial charge in [0, 0.05) is 31.9 Å². The summed E-state index contributed by atoms with van der Waals surface area (Å²) in [4.78, 5) is 16.1. The molecule has 0 radical (unpaired) electrons. The Labute approximate surface area is 143 Å². The first kappa shape index (κ1) is 17.0. The number of benzene rings is 1. The Kier molecular flexibility index (Phi) is 5.49. The zero-order valence-corrected chi connectivity index (χ0v) is 14.4. The second-order valence-corrected chi connectivity index (χ2v) is 7.60. The molecule has 1 saturated heterocycles.